The predicted octanol–water partition coefficient (Wildman–Crippen LogP) is 3.11. The zero-order chi connectivity index (χ0) is 15.3. The second kappa shape index (κ2) is 7.37. The third-order valence-corrected chi connectivity index (χ3v) is 4.98. The van der Waals surface area contributed by atoms with E-state index < -0.39 is 0 Å². The maximum atomic E-state index is 4.44. The summed E-state index contributed by atoms with van der Waals surface area (Å²) in [7, 11) is 2.28. The van der Waals surface area contributed by atoms with Crippen molar-refractivity contribution in [3.8, 4) is 0 Å². The summed E-state index contributed by atoms with van der Waals surface area (Å²) in [5.41, 5.74) is 1.58. The minimum atomic E-state index is 0.387. The van der Waals surface area contributed by atoms with Crippen LogP contribution in [0.3, 0.4) is 0 Å². The van der Waals surface area contributed by atoms with E-state index in [9.17, 15) is 0 Å². The van der Waals surface area contributed by atoms with Gasteiger partial charge in [-0.3, -0.25) is 4.98 Å². The van der Waals surface area contributed by atoms with E-state index in [-0.39, 0.29) is 0 Å². The Balaban J connectivity index is 1.97. The summed E-state index contributed by atoms with van der Waals surface area (Å²) in [6.07, 6.45) is 6.90. The zero-order valence-electron chi connectivity index (χ0n) is 14.1. The molecule has 1 fully saturated rings. The van der Waals surface area contributed by atoms with Gasteiger partial charge in [0.05, 0.1) is 0 Å². The molecule has 1 saturated carbocycles. The Kier molecular flexibility index (Phi) is 5.77. The molecule has 0 aromatic carbocycles. The van der Waals surface area contributed by atoms with Gasteiger partial charge in [0.2, 0.25) is 0 Å². The van der Waals surface area contributed by atoms with Gasteiger partial charge in [0, 0.05) is 36.9 Å². The standard InChI is InChI=1S/C18H31N3/c1-5-19-17-16(10-8-12-18(17,2)3)21(4)14-11-15-9-6-7-13-20-15/h6-7,9,13,16-17,19H,5,8,10-12,14H2,1-4H3. The fourth-order valence-electron chi connectivity index (χ4n) is 3.72. The number of likely N-dealkylation sites (N-methyl/N-ethyl adjacent to an activating group) is 2. The normalized spacial score (nSPS) is 25.2. The van der Waals surface area contributed by atoms with Crippen molar-refractivity contribution < 1.29 is 0 Å². The quantitative estimate of drug-likeness (QED) is 0.872. The monoisotopic (exact) mass is 289 g/mol. The third kappa shape index (κ3) is 4.27. The van der Waals surface area contributed by atoms with Crippen LogP contribution in [0.4, 0.5) is 0 Å². The van der Waals surface area contributed by atoms with E-state index in [1.165, 1.54) is 25.0 Å². The molecule has 3 nitrogen and oxygen atoms in total. The smallest absolute Gasteiger partial charge is 0.0416 e. The molecule has 1 N–H and O–H groups in total. The lowest BCUT2D eigenvalue weighted by atomic mass is 9.70. The second-order valence-electron chi connectivity index (χ2n) is 7.04. The highest BCUT2D eigenvalue weighted by Crippen LogP contribution is 2.37. The van der Waals surface area contributed by atoms with Crippen LogP contribution in [0.25, 0.3) is 0 Å². The van der Waals surface area contributed by atoms with Crippen molar-refractivity contribution in [2.75, 3.05) is 20.1 Å². The number of pyridine rings is 1. The predicted molar refractivity (Wildman–Crippen MR) is 89.5 cm³/mol. The molecule has 1 aliphatic carbocycles. The first-order valence-corrected chi connectivity index (χ1v) is 8.38. The summed E-state index contributed by atoms with van der Waals surface area (Å²) in [6.45, 7) is 9.19. The van der Waals surface area contributed by atoms with Crippen LogP contribution in [0.1, 0.15) is 45.7 Å². The van der Waals surface area contributed by atoms with Crippen LogP contribution in [0.5, 0.6) is 0 Å². The third-order valence-electron chi connectivity index (χ3n) is 4.98. The molecule has 118 valence electrons. The molecule has 2 rings (SSSR count). The van der Waals surface area contributed by atoms with Gasteiger partial charge in [-0.25, -0.2) is 0 Å². The van der Waals surface area contributed by atoms with E-state index in [4.69, 9.17) is 0 Å². The van der Waals surface area contributed by atoms with E-state index in [1.54, 1.807) is 0 Å². The fraction of sp³-hybridized carbons (Fsp3) is 0.722. The number of rotatable bonds is 6. The molecule has 1 aromatic rings. The lowest BCUT2D eigenvalue weighted by Gasteiger charge is -2.48. The van der Waals surface area contributed by atoms with Crippen LogP contribution in [0, 0.1) is 5.41 Å². The number of aromatic nitrogens is 1. The van der Waals surface area contributed by atoms with Gasteiger partial charge in [-0.1, -0.05) is 33.3 Å². The summed E-state index contributed by atoms with van der Waals surface area (Å²) in [5, 5.41) is 3.75. The molecular formula is C18H31N3. The van der Waals surface area contributed by atoms with Crippen molar-refractivity contribution in [1.29, 1.82) is 0 Å². The maximum absolute atomic E-state index is 4.44. The minimum absolute atomic E-state index is 0.387. The number of hydrogen-bond acceptors (Lipinski definition) is 3. The van der Waals surface area contributed by atoms with Gasteiger partial charge in [0.1, 0.15) is 0 Å². The average molecular weight is 289 g/mol. The van der Waals surface area contributed by atoms with Crippen molar-refractivity contribution in [2.45, 2.75) is 58.5 Å². The van der Waals surface area contributed by atoms with Gasteiger partial charge in [-0.15, -0.1) is 0 Å². The van der Waals surface area contributed by atoms with E-state index >= 15 is 0 Å². The molecule has 0 saturated heterocycles. The van der Waals surface area contributed by atoms with Gasteiger partial charge in [-0.2, -0.15) is 0 Å². The molecule has 1 aliphatic rings. The lowest BCUT2D eigenvalue weighted by Crippen LogP contribution is -2.58. The first-order valence-electron chi connectivity index (χ1n) is 8.38. The highest BCUT2D eigenvalue weighted by atomic mass is 15.2. The lowest BCUT2D eigenvalue weighted by molar-refractivity contribution is 0.0642. The Morgan fingerprint density at radius 1 is 1.38 bits per heavy atom. The van der Waals surface area contributed by atoms with E-state index in [1.807, 2.05) is 12.3 Å². The van der Waals surface area contributed by atoms with Crippen LogP contribution in [-0.2, 0) is 6.42 Å². The first-order chi connectivity index (χ1) is 10.0. The van der Waals surface area contributed by atoms with Crippen molar-refractivity contribution in [3.63, 3.8) is 0 Å². The molecular weight excluding hydrogens is 258 g/mol. The van der Waals surface area contributed by atoms with E-state index in [0.717, 1.165) is 19.5 Å². The summed E-state index contributed by atoms with van der Waals surface area (Å²) in [5.74, 6) is 0. The molecule has 1 heterocycles. The Morgan fingerprint density at radius 2 is 2.19 bits per heavy atom. The van der Waals surface area contributed by atoms with E-state index in [0.29, 0.717) is 17.5 Å². The topological polar surface area (TPSA) is 28.2 Å². The molecule has 2 unspecified atom stereocenters. The second-order valence-corrected chi connectivity index (χ2v) is 7.04. The Bertz CT molecular complexity index is 416. The zero-order valence-corrected chi connectivity index (χ0v) is 14.1. The van der Waals surface area contributed by atoms with Gasteiger partial charge in [0.15, 0.2) is 0 Å². The SMILES string of the molecule is CCNC1C(N(C)CCc2ccccn2)CCCC1(C)C. The molecule has 0 aliphatic heterocycles. The van der Waals surface area contributed by atoms with Crippen LogP contribution in [0.15, 0.2) is 24.4 Å². The van der Waals surface area contributed by atoms with Gasteiger partial charge in [0.25, 0.3) is 0 Å². The molecule has 0 spiro atoms. The van der Waals surface area contributed by atoms with Crippen LogP contribution >= 0.6 is 0 Å². The van der Waals surface area contributed by atoms with Gasteiger partial charge in [-0.05, 0) is 44.0 Å². The summed E-state index contributed by atoms with van der Waals surface area (Å²) < 4.78 is 0. The largest absolute Gasteiger partial charge is 0.312 e. The van der Waals surface area contributed by atoms with Crippen molar-refractivity contribution in [3.05, 3.63) is 30.1 Å². The first kappa shape index (κ1) is 16.4. The molecule has 0 amide bonds. The van der Waals surface area contributed by atoms with E-state index in [2.05, 4.69) is 55.2 Å². The summed E-state index contributed by atoms with van der Waals surface area (Å²) in [4.78, 5) is 6.98. The fourth-order valence-corrected chi connectivity index (χ4v) is 3.72. The Morgan fingerprint density at radius 3 is 2.86 bits per heavy atom. The summed E-state index contributed by atoms with van der Waals surface area (Å²) >= 11 is 0. The molecule has 1 aromatic heterocycles. The van der Waals surface area contributed by atoms with Crippen LogP contribution in [-0.4, -0.2) is 42.1 Å². The number of nitrogens with zero attached hydrogens (tertiary/aromatic N) is 2. The number of nitrogens with one attached hydrogen (secondary N) is 1. The highest BCUT2D eigenvalue weighted by Gasteiger charge is 2.39. The Hall–Kier alpha value is -0.930. The Labute approximate surface area is 130 Å². The van der Waals surface area contributed by atoms with Crippen LogP contribution in [0.2, 0.25) is 0 Å². The highest BCUT2D eigenvalue weighted by molar-refractivity contribution is 5.04. The molecule has 3 heteroatoms. The van der Waals surface area contributed by atoms with Crippen LogP contribution < -0.4 is 5.32 Å². The van der Waals surface area contributed by atoms with Crippen molar-refractivity contribution >= 4 is 0 Å². The van der Waals surface area contributed by atoms with Gasteiger partial charge >= 0.3 is 0 Å². The van der Waals surface area contributed by atoms with Gasteiger partial charge < -0.3 is 10.2 Å². The molecule has 0 radical (unpaired) electrons. The molecule has 2 atom stereocenters. The van der Waals surface area contributed by atoms with Crippen molar-refractivity contribution in [2.24, 2.45) is 5.41 Å². The van der Waals surface area contributed by atoms with Crippen molar-refractivity contribution in [1.82, 2.24) is 15.2 Å². The minimum Gasteiger partial charge on any atom is -0.312 e. The maximum Gasteiger partial charge on any atom is 0.0416 e. The molecule has 0 bridgehead atoms. The molecule has 21 heavy (non-hydrogen) atoms. The average Bonchev–Trinajstić information content (AvgIpc) is 2.48. The summed E-state index contributed by atoms with van der Waals surface area (Å²) in [6, 6.07) is 7.41. The number of hydrogen-bond donors (Lipinski definition) is 1.